The van der Waals surface area contributed by atoms with Gasteiger partial charge in [0.1, 0.15) is 5.75 Å². The van der Waals surface area contributed by atoms with Crippen molar-refractivity contribution in [3.05, 3.63) is 41.5 Å². The Bertz CT molecular complexity index is 681. The van der Waals surface area contributed by atoms with Gasteiger partial charge in [-0.05, 0) is 61.8 Å². The summed E-state index contributed by atoms with van der Waals surface area (Å²) in [4.78, 5) is 12.2. The molecular formula is C24H34O5. The van der Waals surface area contributed by atoms with Crippen LogP contribution in [-0.4, -0.2) is 38.5 Å². The van der Waals surface area contributed by atoms with Gasteiger partial charge < -0.3 is 18.9 Å². The van der Waals surface area contributed by atoms with Crippen LogP contribution in [0.25, 0.3) is 0 Å². The number of fused-ring (bicyclic) bond motifs is 1. The highest BCUT2D eigenvalue weighted by Gasteiger charge is 2.29. The highest BCUT2D eigenvalue weighted by atomic mass is 16.5. The molecule has 0 spiro atoms. The minimum atomic E-state index is -0.254. The Morgan fingerprint density at radius 2 is 1.86 bits per heavy atom. The van der Waals surface area contributed by atoms with E-state index in [1.165, 1.54) is 19.3 Å². The second-order valence-corrected chi connectivity index (χ2v) is 8.28. The fraction of sp³-hybridized carbons (Fsp3) is 0.625. The molecule has 1 aromatic carbocycles. The molecule has 0 N–H and O–H groups in total. The normalized spacial score (nSPS) is 27.1. The molecule has 1 aliphatic carbocycles. The number of esters is 1. The smallest absolute Gasteiger partial charge is 0.308 e. The van der Waals surface area contributed by atoms with Crippen LogP contribution in [0.1, 0.15) is 51.5 Å². The highest BCUT2D eigenvalue weighted by Crippen LogP contribution is 2.32. The van der Waals surface area contributed by atoms with Gasteiger partial charge >= 0.3 is 5.97 Å². The van der Waals surface area contributed by atoms with E-state index in [1.807, 2.05) is 44.2 Å². The van der Waals surface area contributed by atoms with Crippen LogP contribution in [0.2, 0.25) is 0 Å². The molecule has 0 unspecified atom stereocenters. The molecule has 4 atom stereocenters. The first-order chi connectivity index (χ1) is 14.0. The lowest BCUT2D eigenvalue weighted by Crippen LogP contribution is -2.27. The maximum absolute atomic E-state index is 12.2. The number of cyclic esters (lactones) is 1. The second-order valence-electron chi connectivity index (χ2n) is 8.28. The van der Waals surface area contributed by atoms with Gasteiger partial charge in [0.2, 0.25) is 0 Å². The minimum absolute atomic E-state index is 0.0632. The summed E-state index contributed by atoms with van der Waals surface area (Å²) in [5, 5.41) is 0. The lowest BCUT2D eigenvalue weighted by atomic mass is 9.80. The molecule has 1 heterocycles. The third-order valence-electron chi connectivity index (χ3n) is 6.17. The third kappa shape index (κ3) is 6.58. The SMILES string of the molecule is COc1ccc(CO[C@@H](C)/C(C)=C\[C@@H]2CC(=O)OC[C@H]3CCCC[C@@H]3CO2)cc1. The molecule has 1 aromatic rings. The first-order valence-corrected chi connectivity index (χ1v) is 10.7. The fourth-order valence-electron chi connectivity index (χ4n) is 4.06. The predicted octanol–water partition coefficient (Wildman–Crippen LogP) is 4.69. The predicted molar refractivity (Wildman–Crippen MR) is 112 cm³/mol. The molecule has 160 valence electrons. The lowest BCUT2D eigenvalue weighted by molar-refractivity contribution is -0.146. The monoisotopic (exact) mass is 402 g/mol. The Morgan fingerprint density at radius 3 is 2.55 bits per heavy atom. The van der Waals surface area contributed by atoms with Crippen LogP contribution in [0.5, 0.6) is 5.75 Å². The van der Waals surface area contributed by atoms with Crippen LogP contribution in [0.3, 0.4) is 0 Å². The zero-order valence-corrected chi connectivity index (χ0v) is 17.9. The number of rotatable bonds is 6. The summed E-state index contributed by atoms with van der Waals surface area (Å²) in [5.74, 6) is 1.61. The van der Waals surface area contributed by atoms with E-state index >= 15 is 0 Å². The van der Waals surface area contributed by atoms with E-state index in [4.69, 9.17) is 18.9 Å². The topological polar surface area (TPSA) is 54.0 Å². The maximum atomic E-state index is 12.2. The van der Waals surface area contributed by atoms with Crippen LogP contribution < -0.4 is 4.74 Å². The molecule has 1 saturated heterocycles. The van der Waals surface area contributed by atoms with Crippen molar-refractivity contribution in [2.75, 3.05) is 20.3 Å². The number of ether oxygens (including phenoxy) is 4. The van der Waals surface area contributed by atoms with Crippen molar-refractivity contribution in [1.82, 2.24) is 0 Å². The van der Waals surface area contributed by atoms with Crippen molar-refractivity contribution in [1.29, 1.82) is 0 Å². The fourth-order valence-corrected chi connectivity index (χ4v) is 4.06. The number of carbonyl (C=O) groups is 1. The van der Waals surface area contributed by atoms with Gasteiger partial charge in [-0.15, -0.1) is 0 Å². The summed E-state index contributed by atoms with van der Waals surface area (Å²) in [6, 6.07) is 7.87. The van der Waals surface area contributed by atoms with E-state index in [0.717, 1.165) is 23.3 Å². The van der Waals surface area contributed by atoms with E-state index in [-0.39, 0.29) is 24.6 Å². The molecule has 3 rings (SSSR count). The molecule has 5 heteroatoms. The van der Waals surface area contributed by atoms with Gasteiger partial charge in [-0.3, -0.25) is 4.79 Å². The highest BCUT2D eigenvalue weighted by molar-refractivity contribution is 5.70. The molecule has 1 saturated carbocycles. The first-order valence-electron chi connectivity index (χ1n) is 10.7. The van der Waals surface area contributed by atoms with Crippen LogP contribution in [0, 0.1) is 11.8 Å². The summed E-state index contributed by atoms with van der Waals surface area (Å²) in [7, 11) is 1.66. The van der Waals surface area contributed by atoms with Gasteiger partial charge in [0.05, 0.1) is 45.6 Å². The number of benzene rings is 1. The van der Waals surface area contributed by atoms with E-state index in [0.29, 0.717) is 31.7 Å². The van der Waals surface area contributed by atoms with Crippen LogP contribution in [-0.2, 0) is 25.6 Å². The Kier molecular flexibility index (Phi) is 8.13. The van der Waals surface area contributed by atoms with Crippen molar-refractivity contribution >= 4 is 5.97 Å². The van der Waals surface area contributed by atoms with E-state index in [1.54, 1.807) is 7.11 Å². The van der Waals surface area contributed by atoms with Crippen molar-refractivity contribution in [3.63, 3.8) is 0 Å². The molecule has 1 aliphatic heterocycles. The average molecular weight is 403 g/mol. The lowest BCUT2D eigenvalue weighted by Gasteiger charge is -2.30. The van der Waals surface area contributed by atoms with Gasteiger partial charge in [0.15, 0.2) is 0 Å². The van der Waals surface area contributed by atoms with Crippen molar-refractivity contribution < 1.29 is 23.7 Å². The van der Waals surface area contributed by atoms with Crippen LogP contribution >= 0.6 is 0 Å². The van der Waals surface area contributed by atoms with Gasteiger partial charge in [-0.1, -0.05) is 31.1 Å². The van der Waals surface area contributed by atoms with Crippen LogP contribution in [0.4, 0.5) is 0 Å². The minimum Gasteiger partial charge on any atom is -0.497 e. The Hall–Kier alpha value is -1.85. The van der Waals surface area contributed by atoms with Crippen molar-refractivity contribution in [2.45, 2.75) is 64.8 Å². The Labute approximate surface area is 174 Å². The largest absolute Gasteiger partial charge is 0.497 e. The number of hydrogen-bond donors (Lipinski definition) is 0. The van der Waals surface area contributed by atoms with Gasteiger partial charge in [0, 0.05) is 0 Å². The van der Waals surface area contributed by atoms with Crippen LogP contribution in [0.15, 0.2) is 35.9 Å². The second kappa shape index (κ2) is 10.8. The van der Waals surface area contributed by atoms with Crippen molar-refractivity contribution in [3.8, 4) is 5.75 Å². The average Bonchev–Trinajstić information content (AvgIpc) is 2.82. The molecule has 29 heavy (non-hydrogen) atoms. The first kappa shape index (κ1) is 21.8. The van der Waals surface area contributed by atoms with E-state index < -0.39 is 0 Å². The van der Waals surface area contributed by atoms with E-state index in [2.05, 4.69) is 0 Å². The summed E-state index contributed by atoms with van der Waals surface area (Å²) >= 11 is 0. The molecule has 2 fully saturated rings. The number of carbonyl (C=O) groups excluding carboxylic acids is 1. The molecule has 0 radical (unpaired) electrons. The molecule has 2 aliphatic rings. The van der Waals surface area contributed by atoms with Gasteiger partial charge in [-0.2, -0.15) is 0 Å². The Balaban J connectivity index is 1.56. The quantitative estimate of drug-likeness (QED) is 0.511. The molecule has 0 amide bonds. The summed E-state index contributed by atoms with van der Waals surface area (Å²) in [6.45, 7) is 5.83. The number of methoxy groups -OCH3 is 1. The Morgan fingerprint density at radius 1 is 1.17 bits per heavy atom. The molecule has 5 nitrogen and oxygen atoms in total. The molecule has 0 bridgehead atoms. The van der Waals surface area contributed by atoms with Gasteiger partial charge in [-0.25, -0.2) is 0 Å². The van der Waals surface area contributed by atoms with E-state index in [9.17, 15) is 4.79 Å². The zero-order chi connectivity index (χ0) is 20.6. The van der Waals surface area contributed by atoms with Gasteiger partial charge in [0.25, 0.3) is 0 Å². The van der Waals surface area contributed by atoms with Crippen molar-refractivity contribution in [2.24, 2.45) is 11.8 Å². The molecular weight excluding hydrogens is 368 g/mol. The molecule has 0 aromatic heterocycles. The number of hydrogen-bond acceptors (Lipinski definition) is 5. The summed E-state index contributed by atoms with van der Waals surface area (Å²) < 4.78 is 22.9. The zero-order valence-electron chi connectivity index (χ0n) is 17.9. The summed E-state index contributed by atoms with van der Waals surface area (Å²) in [5.41, 5.74) is 2.16. The standard InChI is InChI=1S/C24H34O5/c1-17(18(2)27-14-19-8-10-22(26-3)11-9-19)12-23-13-24(25)29-16-21-7-5-4-6-20(21)15-28-23/h8-12,18,20-21,23H,4-7,13-16H2,1-3H3/b17-12-/t18-,20+,21+,23+/m0/s1. The third-order valence-corrected chi connectivity index (χ3v) is 6.17. The summed E-state index contributed by atoms with van der Waals surface area (Å²) in [6.07, 6.45) is 6.75. The maximum Gasteiger partial charge on any atom is 0.308 e.